The summed E-state index contributed by atoms with van der Waals surface area (Å²) >= 11 is 1.64. The highest BCUT2D eigenvalue weighted by Gasteiger charge is 2.26. The Bertz CT molecular complexity index is 984. The molecule has 1 amide bonds. The van der Waals surface area contributed by atoms with Crippen molar-refractivity contribution >= 4 is 27.5 Å². The fourth-order valence-corrected chi connectivity index (χ4v) is 5.60. The lowest BCUT2D eigenvalue weighted by Crippen LogP contribution is -2.44. The standard InChI is InChI=1S/C21H26N4O3S/c22-9-3-10-25(15-7-12-28-13-8-15)18(26)6-11-24-14-23-20-19(21(24)27)16-4-1-2-5-17(16)29-20/h14-15H,1-8,10-13H2. The van der Waals surface area contributed by atoms with Crippen molar-refractivity contribution in [1.82, 2.24) is 14.5 Å². The van der Waals surface area contributed by atoms with Gasteiger partial charge in [-0.05, 0) is 44.1 Å². The highest BCUT2D eigenvalue weighted by atomic mass is 32.1. The fraction of sp³-hybridized carbons (Fsp3) is 0.619. The fourth-order valence-electron chi connectivity index (χ4n) is 4.38. The molecule has 7 nitrogen and oxygen atoms in total. The molecule has 0 radical (unpaired) electrons. The van der Waals surface area contributed by atoms with Crippen LogP contribution in [0.2, 0.25) is 0 Å². The lowest BCUT2D eigenvalue weighted by molar-refractivity contribution is -0.135. The maximum Gasteiger partial charge on any atom is 0.262 e. The van der Waals surface area contributed by atoms with Gasteiger partial charge >= 0.3 is 0 Å². The van der Waals surface area contributed by atoms with Crippen molar-refractivity contribution < 1.29 is 9.53 Å². The second-order valence-corrected chi connectivity index (χ2v) is 8.81. The molecule has 0 spiro atoms. The van der Waals surface area contributed by atoms with Crippen molar-refractivity contribution in [3.05, 3.63) is 27.1 Å². The van der Waals surface area contributed by atoms with E-state index >= 15 is 0 Å². The van der Waals surface area contributed by atoms with Gasteiger partial charge in [0.2, 0.25) is 5.91 Å². The molecule has 29 heavy (non-hydrogen) atoms. The number of nitriles is 1. The van der Waals surface area contributed by atoms with Crippen LogP contribution in [-0.4, -0.2) is 46.2 Å². The maximum absolute atomic E-state index is 13.1. The van der Waals surface area contributed by atoms with Crippen molar-refractivity contribution in [2.75, 3.05) is 19.8 Å². The van der Waals surface area contributed by atoms with E-state index in [9.17, 15) is 9.59 Å². The summed E-state index contributed by atoms with van der Waals surface area (Å²) in [5.41, 5.74) is 1.14. The molecule has 1 fully saturated rings. The second-order valence-electron chi connectivity index (χ2n) is 7.72. The zero-order valence-electron chi connectivity index (χ0n) is 16.6. The third kappa shape index (κ3) is 4.21. The molecule has 0 N–H and O–H groups in total. The number of aryl methyl sites for hydroxylation is 3. The van der Waals surface area contributed by atoms with Gasteiger partial charge in [0.15, 0.2) is 0 Å². The Kier molecular flexibility index (Phi) is 6.26. The second kappa shape index (κ2) is 9.06. The van der Waals surface area contributed by atoms with E-state index in [0.29, 0.717) is 32.7 Å². The number of carbonyl (C=O) groups excluding carboxylic acids is 1. The average Bonchev–Trinajstić information content (AvgIpc) is 3.13. The van der Waals surface area contributed by atoms with Gasteiger partial charge in [0.25, 0.3) is 5.56 Å². The van der Waals surface area contributed by atoms with Crippen molar-refractivity contribution in [2.45, 2.75) is 64.0 Å². The molecule has 4 rings (SSSR count). The first-order chi connectivity index (χ1) is 14.2. The van der Waals surface area contributed by atoms with E-state index in [-0.39, 0.29) is 23.9 Å². The molecule has 8 heteroatoms. The highest BCUT2D eigenvalue weighted by molar-refractivity contribution is 7.18. The minimum Gasteiger partial charge on any atom is -0.381 e. The van der Waals surface area contributed by atoms with Gasteiger partial charge < -0.3 is 9.64 Å². The quantitative estimate of drug-likeness (QED) is 0.725. The van der Waals surface area contributed by atoms with Crippen LogP contribution in [-0.2, 0) is 28.9 Å². The molecule has 1 saturated heterocycles. The minimum absolute atomic E-state index is 0.00788. The Morgan fingerprint density at radius 1 is 1.34 bits per heavy atom. The van der Waals surface area contributed by atoms with Gasteiger partial charge in [-0.15, -0.1) is 11.3 Å². The summed E-state index contributed by atoms with van der Waals surface area (Å²) in [4.78, 5) is 34.4. The Labute approximate surface area is 173 Å². The van der Waals surface area contributed by atoms with Gasteiger partial charge in [-0.3, -0.25) is 14.2 Å². The van der Waals surface area contributed by atoms with Crippen molar-refractivity contribution in [3.8, 4) is 6.07 Å². The monoisotopic (exact) mass is 414 g/mol. The predicted molar refractivity (Wildman–Crippen MR) is 111 cm³/mol. The first kappa shape index (κ1) is 20.0. The molecule has 2 aromatic rings. The SMILES string of the molecule is N#CCCN(C(=O)CCn1cnc2sc3c(c2c1=O)CCCC3)C1CCOCC1. The first-order valence-electron chi connectivity index (χ1n) is 10.4. The lowest BCUT2D eigenvalue weighted by atomic mass is 9.97. The number of nitrogens with zero attached hydrogens (tertiary/aromatic N) is 4. The normalized spacial score (nSPS) is 17.1. The number of ether oxygens (including phenoxy) is 1. The van der Waals surface area contributed by atoms with Crippen LogP contribution in [0.1, 0.15) is 49.0 Å². The molecule has 154 valence electrons. The maximum atomic E-state index is 13.1. The van der Waals surface area contributed by atoms with Crippen molar-refractivity contribution in [1.29, 1.82) is 5.26 Å². The largest absolute Gasteiger partial charge is 0.381 e. The number of hydrogen-bond donors (Lipinski definition) is 0. The van der Waals surface area contributed by atoms with Crippen molar-refractivity contribution in [3.63, 3.8) is 0 Å². The minimum atomic E-state index is -0.0307. The first-order valence-corrected chi connectivity index (χ1v) is 11.2. The Morgan fingerprint density at radius 3 is 2.93 bits per heavy atom. The van der Waals surface area contributed by atoms with Crippen LogP contribution in [0.25, 0.3) is 10.2 Å². The predicted octanol–water partition coefficient (Wildman–Crippen LogP) is 2.65. The number of hydrogen-bond acceptors (Lipinski definition) is 6. The summed E-state index contributed by atoms with van der Waals surface area (Å²) in [7, 11) is 0. The molecule has 0 atom stereocenters. The molecular formula is C21H26N4O3S. The zero-order valence-corrected chi connectivity index (χ0v) is 17.4. The van der Waals surface area contributed by atoms with E-state index in [0.717, 1.165) is 42.3 Å². The topological polar surface area (TPSA) is 88.2 Å². The average molecular weight is 415 g/mol. The van der Waals surface area contributed by atoms with E-state index in [1.807, 2.05) is 4.90 Å². The van der Waals surface area contributed by atoms with E-state index < -0.39 is 0 Å². The molecule has 1 aliphatic carbocycles. The number of aromatic nitrogens is 2. The number of fused-ring (bicyclic) bond motifs is 3. The Balaban J connectivity index is 1.50. The van der Waals surface area contributed by atoms with Gasteiger partial charge in [-0.25, -0.2) is 4.98 Å². The zero-order chi connectivity index (χ0) is 20.2. The molecule has 2 aliphatic rings. The van der Waals surface area contributed by atoms with Gasteiger partial charge in [0.1, 0.15) is 4.83 Å². The molecule has 0 unspecified atom stereocenters. The molecule has 0 bridgehead atoms. The van der Waals surface area contributed by atoms with Gasteiger partial charge in [-0.1, -0.05) is 0 Å². The molecular weight excluding hydrogens is 388 g/mol. The summed E-state index contributed by atoms with van der Waals surface area (Å²) in [5.74, 6) is -0.00788. The Hall–Kier alpha value is -2.24. The smallest absolute Gasteiger partial charge is 0.262 e. The summed E-state index contributed by atoms with van der Waals surface area (Å²) < 4.78 is 6.98. The number of amides is 1. The van der Waals surface area contributed by atoms with E-state index in [4.69, 9.17) is 10.00 Å². The van der Waals surface area contributed by atoms with Gasteiger partial charge in [-0.2, -0.15) is 5.26 Å². The van der Waals surface area contributed by atoms with E-state index in [1.54, 1.807) is 22.2 Å². The van der Waals surface area contributed by atoms with Crippen LogP contribution in [0.15, 0.2) is 11.1 Å². The molecule has 2 aromatic heterocycles. The number of carbonyl (C=O) groups is 1. The molecule has 3 heterocycles. The number of rotatable bonds is 6. The van der Waals surface area contributed by atoms with Crippen LogP contribution in [0, 0.1) is 11.3 Å². The Morgan fingerprint density at radius 2 is 2.14 bits per heavy atom. The van der Waals surface area contributed by atoms with Crippen LogP contribution in [0.3, 0.4) is 0 Å². The lowest BCUT2D eigenvalue weighted by Gasteiger charge is -2.34. The van der Waals surface area contributed by atoms with Crippen LogP contribution in [0.4, 0.5) is 0 Å². The van der Waals surface area contributed by atoms with Crippen LogP contribution < -0.4 is 5.56 Å². The van der Waals surface area contributed by atoms with Crippen LogP contribution in [0.5, 0.6) is 0 Å². The van der Waals surface area contributed by atoms with Crippen molar-refractivity contribution in [2.24, 2.45) is 0 Å². The van der Waals surface area contributed by atoms with Crippen LogP contribution >= 0.6 is 11.3 Å². The summed E-state index contributed by atoms with van der Waals surface area (Å²) in [5, 5.41) is 9.71. The van der Waals surface area contributed by atoms with Gasteiger partial charge in [0.05, 0.1) is 24.2 Å². The molecule has 0 aromatic carbocycles. The van der Waals surface area contributed by atoms with E-state index in [2.05, 4.69) is 11.1 Å². The molecule has 1 aliphatic heterocycles. The summed E-state index contributed by atoms with van der Waals surface area (Å²) in [6, 6.07) is 2.25. The summed E-state index contributed by atoms with van der Waals surface area (Å²) in [6.07, 6.45) is 8.00. The molecule has 0 saturated carbocycles. The summed E-state index contributed by atoms with van der Waals surface area (Å²) in [6.45, 7) is 2.04. The van der Waals surface area contributed by atoms with Gasteiger partial charge in [0, 0.05) is 43.6 Å². The third-order valence-electron chi connectivity index (χ3n) is 5.92. The van der Waals surface area contributed by atoms with E-state index in [1.165, 1.54) is 16.9 Å². The number of thiophene rings is 1. The third-order valence-corrected chi connectivity index (χ3v) is 7.12. The highest BCUT2D eigenvalue weighted by Crippen LogP contribution is 2.33.